The first-order chi connectivity index (χ1) is 11.3. The molecule has 0 N–H and O–H groups in total. The van der Waals surface area contributed by atoms with Crippen LogP contribution in [0.25, 0.3) is 11.1 Å². The summed E-state index contributed by atoms with van der Waals surface area (Å²) in [5.74, 6) is 0.637. The molecule has 2 aromatic rings. The highest BCUT2D eigenvalue weighted by Gasteiger charge is 2.33. The molecular formula is C19H23N3O. The molecule has 4 rings (SSSR count). The summed E-state index contributed by atoms with van der Waals surface area (Å²) in [5.41, 5.74) is 3.43. The molecule has 0 radical (unpaired) electrons. The van der Waals surface area contributed by atoms with Crippen molar-refractivity contribution >= 4 is 0 Å². The molecule has 120 valence electrons. The van der Waals surface area contributed by atoms with Crippen molar-refractivity contribution in [1.82, 2.24) is 14.9 Å². The number of hydrogen-bond donors (Lipinski definition) is 0. The maximum absolute atomic E-state index is 6.10. The zero-order valence-electron chi connectivity index (χ0n) is 13.6. The smallest absolute Gasteiger partial charge is 0.316 e. The molecule has 4 nitrogen and oxygen atoms in total. The van der Waals surface area contributed by atoms with Gasteiger partial charge in [-0.25, -0.2) is 9.97 Å². The van der Waals surface area contributed by atoms with E-state index in [-0.39, 0.29) is 6.10 Å². The lowest BCUT2D eigenvalue weighted by Gasteiger charge is -2.41. The van der Waals surface area contributed by atoms with Crippen molar-refractivity contribution in [2.75, 3.05) is 19.6 Å². The Bertz CT molecular complexity index is 653. The van der Waals surface area contributed by atoms with Crippen LogP contribution in [0.15, 0.2) is 36.7 Å². The van der Waals surface area contributed by atoms with Gasteiger partial charge in [0.05, 0.1) is 0 Å². The van der Waals surface area contributed by atoms with Gasteiger partial charge in [0, 0.05) is 37.0 Å². The zero-order valence-corrected chi connectivity index (χ0v) is 13.6. The van der Waals surface area contributed by atoms with E-state index in [1.54, 1.807) is 0 Å². The predicted molar refractivity (Wildman–Crippen MR) is 90.4 cm³/mol. The average molecular weight is 309 g/mol. The standard InChI is InChI=1S/C19H23N3O/c1-14-4-6-15(7-5-14)17-11-20-19(21-12-17)23-18-8-10-22-9-2-3-16(18)13-22/h4-7,11-12,16,18H,2-3,8-10,13H2,1H3/t16-,18-/m1/s1. The number of benzene rings is 1. The number of rotatable bonds is 3. The van der Waals surface area contributed by atoms with Crippen molar-refractivity contribution < 1.29 is 4.74 Å². The minimum atomic E-state index is 0.275. The van der Waals surface area contributed by atoms with Gasteiger partial charge in [0.15, 0.2) is 0 Å². The highest BCUT2D eigenvalue weighted by atomic mass is 16.5. The number of aryl methyl sites for hydroxylation is 1. The maximum atomic E-state index is 6.10. The van der Waals surface area contributed by atoms with Crippen molar-refractivity contribution in [3.8, 4) is 17.1 Å². The van der Waals surface area contributed by atoms with Crippen LogP contribution in [0.4, 0.5) is 0 Å². The van der Waals surface area contributed by atoms with Crippen LogP contribution in [0.1, 0.15) is 24.8 Å². The molecule has 1 aromatic carbocycles. The van der Waals surface area contributed by atoms with Crippen molar-refractivity contribution in [3.05, 3.63) is 42.2 Å². The van der Waals surface area contributed by atoms with E-state index in [4.69, 9.17) is 4.74 Å². The summed E-state index contributed by atoms with van der Waals surface area (Å²) in [6.45, 7) is 5.66. The Morgan fingerprint density at radius 2 is 1.78 bits per heavy atom. The summed E-state index contributed by atoms with van der Waals surface area (Å²) >= 11 is 0. The Balaban J connectivity index is 1.45. The second-order valence-electron chi connectivity index (χ2n) is 6.77. The summed E-state index contributed by atoms with van der Waals surface area (Å²) in [6.07, 6.45) is 7.65. The first-order valence-electron chi connectivity index (χ1n) is 8.56. The van der Waals surface area contributed by atoms with Crippen molar-refractivity contribution in [2.24, 2.45) is 5.92 Å². The summed E-state index contributed by atoms with van der Waals surface area (Å²) in [7, 11) is 0. The molecule has 2 fully saturated rings. The van der Waals surface area contributed by atoms with Gasteiger partial charge in [0.2, 0.25) is 0 Å². The van der Waals surface area contributed by atoms with Crippen LogP contribution in [0.3, 0.4) is 0 Å². The first kappa shape index (κ1) is 14.6. The molecule has 4 heteroatoms. The van der Waals surface area contributed by atoms with Crippen molar-refractivity contribution in [3.63, 3.8) is 0 Å². The van der Waals surface area contributed by atoms with Crippen LogP contribution >= 0.6 is 0 Å². The molecule has 3 heterocycles. The number of piperidine rings is 2. The number of fused-ring (bicyclic) bond motifs is 2. The number of aromatic nitrogens is 2. The van der Waals surface area contributed by atoms with Gasteiger partial charge in [-0.3, -0.25) is 0 Å². The van der Waals surface area contributed by atoms with Crippen LogP contribution in [-0.2, 0) is 0 Å². The van der Waals surface area contributed by atoms with Gasteiger partial charge in [-0.2, -0.15) is 0 Å². The van der Waals surface area contributed by atoms with Crippen LogP contribution in [-0.4, -0.2) is 40.6 Å². The normalized spacial score (nSPS) is 26.7. The highest BCUT2D eigenvalue weighted by Crippen LogP contribution is 2.29. The van der Waals surface area contributed by atoms with E-state index in [2.05, 4.69) is 46.1 Å². The lowest BCUT2D eigenvalue weighted by Crippen LogP contribution is -2.49. The summed E-state index contributed by atoms with van der Waals surface area (Å²) in [4.78, 5) is 11.4. The maximum Gasteiger partial charge on any atom is 0.316 e. The monoisotopic (exact) mass is 309 g/mol. The molecule has 2 aliphatic rings. The lowest BCUT2D eigenvalue weighted by atomic mass is 9.87. The largest absolute Gasteiger partial charge is 0.460 e. The van der Waals surface area contributed by atoms with Crippen LogP contribution in [0, 0.1) is 12.8 Å². The van der Waals surface area contributed by atoms with Gasteiger partial charge >= 0.3 is 6.01 Å². The second-order valence-corrected chi connectivity index (χ2v) is 6.77. The highest BCUT2D eigenvalue weighted by molar-refractivity contribution is 5.61. The van der Waals surface area contributed by atoms with Crippen molar-refractivity contribution in [2.45, 2.75) is 32.3 Å². The third kappa shape index (κ3) is 3.22. The fourth-order valence-electron chi connectivity index (χ4n) is 3.71. The van der Waals surface area contributed by atoms with Gasteiger partial charge in [-0.1, -0.05) is 29.8 Å². The van der Waals surface area contributed by atoms with E-state index in [1.165, 1.54) is 31.5 Å². The summed E-state index contributed by atoms with van der Waals surface area (Å²) in [6, 6.07) is 8.94. The quantitative estimate of drug-likeness (QED) is 0.872. The Kier molecular flexibility index (Phi) is 4.00. The molecule has 2 bridgehead atoms. The molecule has 0 amide bonds. The lowest BCUT2D eigenvalue weighted by molar-refractivity contribution is 0.0103. The molecule has 23 heavy (non-hydrogen) atoms. The number of ether oxygens (including phenoxy) is 1. The van der Waals surface area contributed by atoms with Gasteiger partial charge < -0.3 is 9.64 Å². The molecule has 2 aliphatic heterocycles. The fraction of sp³-hybridized carbons (Fsp3) is 0.474. The SMILES string of the molecule is Cc1ccc(-c2cnc(O[C@@H]3CCN4CCC[C@@H]3C4)nc2)cc1. The molecule has 2 saturated heterocycles. The molecule has 0 aliphatic carbocycles. The van der Waals surface area contributed by atoms with Gasteiger partial charge in [-0.05, 0) is 38.3 Å². The molecule has 1 unspecified atom stereocenters. The molecule has 3 atom stereocenters. The predicted octanol–water partition coefficient (Wildman–Crippen LogP) is 3.32. The minimum Gasteiger partial charge on any atom is -0.460 e. The third-order valence-corrected chi connectivity index (χ3v) is 5.07. The van der Waals surface area contributed by atoms with Crippen LogP contribution in [0.2, 0.25) is 0 Å². The van der Waals surface area contributed by atoms with Crippen LogP contribution < -0.4 is 4.74 Å². The van der Waals surface area contributed by atoms with Crippen molar-refractivity contribution in [1.29, 1.82) is 0 Å². The van der Waals surface area contributed by atoms with Gasteiger partial charge in [0.25, 0.3) is 0 Å². The first-order valence-corrected chi connectivity index (χ1v) is 8.56. The van der Waals surface area contributed by atoms with Gasteiger partial charge in [0.1, 0.15) is 6.10 Å². The molecule has 1 aromatic heterocycles. The van der Waals surface area contributed by atoms with E-state index in [0.29, 0.717) is 11.9 Å². The van der Waals surface area contributed by atoms with E-state index in [9.17, 15) is 0 Å². The average Bonchev–Trinajstić information content (AvgIpc) is 2.59. The fourth-order valence-corrected chi connectivity index (χ4v) is 3.71. The zero-order chi connectivity index (χ0) is 15.6. The van der Waals surface area contributed by atoms with E-state index in [0.717, 1.165) is 24.1 Å². The molecule has 0 spiro atoms. The van der Waals surface area contributed by atoms with Crippen LogP contribution in [0.5, 0.6) is 6.01 Å². The van der Waals surface area contributed by atoms with Gasteiger partial charge in [-0.15, -0.1) is 0 Å². The number of hydrogen-bond acceptors (Lipinski definition) is 4. The molecule has 0 saturated carbocycles. The van der Waals surface area contributed by atoms with E-state index in [1.807, 2.05) is 12.4 Å². The second kappa shape index (κ2) is 6.28. The summed E-state index contributed by atoms with van der Waals surface area (Å²) < 4.78 is 6.10. The van der Waals surface area contributed by atoms with E-state index >= 15 is 0 Å². The Hall–Kier alpha value is -1.94. The Labute approximate surface area is 137 Å². The molecular weight excluding hydrogens is 286 g/mol. The Morgan fingerprint density at radius 3 is 2.57 bits per heavy atom. The topological polar surface area (TPSA) is 38.2 Å². The number of nitrogens with zero attached hydrogens (tertiary/aromatic N) is 3. The Morgan fingerprint density at radius 1 is 1.00 bits per heavy atom. The third-order valence-electron chi connectivity index (χ3n) is 5.07. The minimum absolute atomic E-state index is 0.275. The summed E-state index contributed by atoms with van der Waals surface area (Å²) in [5, 5.41) is 0. The van der Waals surface area contributed by atoms with E-state index < -0.39 is 0 Å².